The smallest absolute Gasteiger partial charge is 0.331 e. The zero-order chi connectivity index (χ0) is 18.2. The topological polar surface area (TPSA) is 35.5 Å². The van der Waals surface area contributed by atoms with E-state index >= 15 is 0 Å². The average molecular weight is 426 g/mol. The summed E-state index contributed by atoms with van der Waals surface area (Å²) in [5.41, 5.74) is 1.39. The van der Waals surface area contributed by atoms with Gasteiger partial charge in [0.1, 0.15) is 19.0 Å². The first-order valence-electron chi connectivity index (χ1n) is 7.31. The van der Waals surface area contributed by atoms with Crippen molar-refractivity contribution in [1.29, 1.82) is 0 Å². The molecule has 25 heavy (non-hydrogen) atoms. The van der Waals surface area contributed by atoms with Gasteiger partial charge in [0, 0.05) is 6.08 Å². The molecule has 6 heteroatoms. The number of hydrogen-bond acceptors (Lipinski definition) is 3. The lowest BCUT2D eigenvalue weighted by atomic mass is 10.2. The number of hydrogen-bond donors (Lipinski definition) is 0. The van der Waals surface area contributed by atoms with Crippen LogP contribution in [0.2, 0.25) is 5.02 Å². The minimum Gasteiger partial charge on any atom is -0.486 e. The van der Waals surface area contributed by atoms with Gasteiger partial charge in [-0.25, -0.2) is 9.18 Å². The molecular formula is C19H15BrClFO3. The van der Waals surface area contributed by atoms with Crippen molar-refractivity contribution in [2.75, 3.05) is 6.61 Å². The minimum atomic E-state index is -0.474. The third-order valence-electron chi connectivity index (χ3n) is 3.05. The van der Waals surface area contributed by atoms with Crippen molar-refractivity contribution in [3.63, 3.8) is 0 Å². The molecule has 0 unspecified atom stereocenters. The standard InChI is InChI=1S/C19H15BrClFO3/c1-2-8-24-18(23)7-6-13-10-16(20)19(17(21)11-13)25-12-14-4-3-5-15(22)9-14/h2-7,9-11H,1,8,12H2/b7-6+. The number of halogens is 3. The Morgan fingerprint density at radius 1 is 1.32 bits per heavy atom. The number of ether oxygens (including phenoxy) is 2. The van der Waals surface area contributed by atoms with Gasteiger partial charge in [0.2, 0.25) is 0 Å². The van der Waals surface area contributed by atoms with Crippen LogP contribution in [0.5, 0.6) is 5.75 Å². The molecule has 0 amide bonds. The first-order valence-corrected chi connectivity index (χ1v) is 8.48. The number of benzene rings is 2. The van der Waals surface area contributed by atoms with Crippen LogP contribution in [0.4, 0.5) is 4.39 Å². The molecule has 0 radical (unpaired) electrons. The van der Waals surface area contributed by atoms with Crippen molar-refractivity contribution in [3.05, 3.63) is 81.6 Å². The predicted octanol–water partition coefficient (Wildman–Crippen LogP) is 5.56. The summed E-state index contributed by atoms with van der Waals surface area (Å²) in [5, 5.41) is 0.366. The molecule has 0 atom stereocenters. The maximum Gasteiger partial charge on any atom is 0.331 e. The third-order valence-corrected chi connectivity index (χ3v) is 3.92. The lowest BCUT2D eigenvalue weighted by Gasteiger charge is -2.11. The monoisotopic (exact) mass is 424 g/mol. The summed E-state index contributed by atoms with van der Waals surface area (Å²) in [6.45, 7) is 3.80. The van der Waals surface area contributed by atoms with Crippen LogP contribution in [0.15, 0.2) is 59.6 Å². The number of rotatable bonds is 7. The number of carbonyl (C=O) groups is 1. The van der Waals surface area contributed by atoms with Crippen molar-refractivity contribution in [2.45, 2.75) is 6.61 Å². The first-order chi connectivity index (χ1) is 12.0. The van der Waals surface area contributed by atoms with Crippen LogP contribution < -0.4 is 4.74 Å². The highest BCUT2D eigenvalue weighted by atomic mass is 79.9. The van der Waals surface area contributed by atoms with Crippen molar-refractivity contribution >= 4 is 39.6 Å². The molecule has 0 aliphatic carbocycles. The van der Waals surface area contributed by atoms with E-state index in [1.54, 1.807) is 30.3 Å². The highest BCUT2D eigenvalue weighted by Crippen LogP contribution is 2.35. The van der Waals surface area contributed by atoms with E-state index in [-0.39, 0.29) is 19.0 Å². The van der Waals surface area contributed by atoms with Crippen molar-refractivity contribution in [1.82, 2.24) is 0 Å². The van der Waals surface area contributed by atoms with Crippen LogP contribution in [0.25, 0.3) is 6.08 Å². The second kappa shape index (κ2) is 9.39. The molecule has 2 aromatic carbocycles. The Kier molecular flexibility index (Phi) is 7.22. The van der Waals surface area contributed by atoms with Crippen LogP contribution in [-0.2, 0) is 16.1 Å². The van der Waals surface area contributed by atoms with E-state index in [1.165, 1.54) is 24.3 Å². The largest absolute Gasteiger partial charge is 0.486 e. The predicted molar refractivity (Wildman–Crippen MR) is 100 cm³/mol. The quantitative estimate of drug-likeness (QED) is 0.331. The Hall–Kier alpha value is -2.11. The fraction of sp³-hybridized carbons (Fsp3) is 0.105. The Morgan fingerprint density at radius 2 is 2.12 bits per heavy atom. The zero-order valence-electron chi connectivity index (χ0n) is 13.2. The molecule has 2 aromatic rings. The van der Waals surface area contributed by atoms with Crippen LogP contribution in [0.3, 0.4) is 0 Å². The second-order valence-electron chi connectivity index (χ2n) is 4.98. The van der Waals surface area contributed by atoms with E-state index in [1.807, 2.05) is 0 Å². The summed E-state index contributed by atoms with van der Waals surface area (Å²) in [6, 6.07) is 9.55. The van der Waals surface area contributed by atoms with Gasteiger partial charge in [0.05, 0.1) is 9.50 Å². The lowest BCUT2D eigenvalue weighted by molar-refractivity contribution is -0.136. The second-order valence-corrected chi connectivity index (χ2v) is 6.25. The van der Waals surface area contributed by atoms with E-state index in [4.69, 9.17) is 21.1 Å². The first kappa shape index (κ1) is 19.2. The van der Waals surface area contributed by atoms with E-state index in [0.29, 0.717) is 26.4 Å². The molecule has 0 fully saturated rings. The van der Waals surface area contributed by atoms with Crippen LogP contribution in [0, 0.1) is 5.82 Å². The Balaban J connectivity index is 2.07. The Labute approximate surface area is 158 Å². The zero-order valence-corrected chi connectivity index (χ0v) is 15.5. The fourth-order valence-corrected chi connectivity index (χ4v) is 2.94. The van der Waals surface area contributed by atoms with Gasteiger partial charge in [-0.1, -0.05) is 36.4 Å². The SMILES string of the molecule is C=CCOC(=O)/C=C/c1cc(Cl)c(OCc2cccc(F)c2)c(Br)c1. The Morgan fingerprint density at radius 3 is 2.80 bits per heavy atom. The van der Waals surface area contributed by atoms with Gasteiger partial charge < -0.3 is 9.47 Å². The summed E-state index contributed by atoms with van der Waals surface area (Å²) in [6.07, 6.45) is 4.37. The number of carbonyl (C=O) groups excluding carboxylic acids is 1. The van der Waals surface area contributed by atoms with Crippen molar-refractivity contribution < 1.29 is 18.7 Å². The van der Waals surface area contributed by atoms with Crippen LogP contribution >= 0.6 is 27.5 Å². The van der Waals surface area contributed by atoms with Gasteiger partial charge in [-0.15, -0.1) is 0 Å². The van der Waals surface area contributed by atoms with Gasteiger partial charge in [-0.2, -0.15) is 0 Å². The molecule has 0 spiro atoms. The summed E-state index contributed by atoms with van der Waals surface area (Å²) in [7, 11) is 0. The van der Waals surface area contributed by atoms with Gasteiger partial charge in [-0.05, 0) is 57.4 Å². The molecule has 0 aromatic heterocycles. The van der Waals surface area contributed by atoms with E-state index < -0.39 is 5.97 Å². The van der Waals surface area contributed by atoms with Crippen molar-refractivity contribution in [2.24, 2.45) is 0 Å². The molecule has 0 heterocycles. The van der Waals surface area contributed by atoms with Crippen molar-refractivity contribution in [3.8, 4) is 5.75 Å². The average Bonchev–Trinajstić information content (AvgIpc) is 2.57. The molecule has 130 valence electrons. The molecule has 0 saturated heterocycles. The van der Waals surface area contributed by atoms with Gasteiger partial charge >= 0.3 is 5.97 Å². The molecule has 2 rings (SSSR count). The summed E-state index contributed by atoms with van der Waals surface area (Å²) in [5.74, 6) is -0.356. The number of esters is 1. The van der Waals surface area contributed by atoms with Gasteiger partial charge in [0.25, 0.3) is 0 Å². The molecule has 0 bridgehead atoms. The lowest BCUT2D eigenvalue weighted by Crippen LogP contribution is -1.99. The van der Waals surface area contributed by atoms with E-state index in [2.05, 4.69) is 22.5 Å². The Bertz CT molecular complexity index is 782. The normalized spacial score (nSPS) is 10.7. The van der Waals surface area contributed by atoms with Gasteiger partial charge in [-0.3, -0.25) is 0 Å². The van der Waals surface area contributed by atoms with Gasteiger partial charge in [0.15, 0.2) is 5.75 Å². The van der Waals surface area contributed by atoms with Crippen LogP contribution in [0.1, 0.15) is 11.1 Å². The van der Waals surface area contributed by atoms with E-state index in [0.717, 1.165) is 0 Å². The molecular weight excluding hydrogens is 411 g/mol. The maximum atomic E-state index is 13.2. The summed E-state index contributed by atoms with van der Waals surface area (Å²) in [4.78, 5) is 11.4. The molecule has 0 aliphatic heterocycles. The molecule has 0 N–H and O–H groups in total. The summed E-state index contributed by atoms with van der Waals surface area (Å²) < 4.78 is 24.3. The highest BCUT2D eigenvalue weighted by molar-refractivity contribution is 9.10. The van der Waals surface area contributed by atoms with E-state index in [9.17, 15) is 9.18 Å². The summed E-state index contributed by atoms with van der Waals surface area (Å²) >= 11 is 9.63. The minimum absolute atomic E-state index is 0.153. The molecule has 3 nitrogen and oxygen atoms in total. The third kappa shape index (κ3) is 6.03. The maximum absolute atomic E-state index is 13.2. The molecule has 0 saturated carbocycles. The fourth-order valence-electron chi connectivity index (χ4n) is 1.95. The highest BCUT2D eigenvalue weighted by Gasteiger charge is 2.09. The van der Waals surface area contributed by atoms with Crippen LogP contribution in [-0.4, -0.2) is 12.6 Å². The molecule has 0 aliphatic rings.